The second-order valence-corrected chi connectivity index (χ2v) is 6.10. The van der Waals surface area contributed by atoms with Crippen molar-refractivity contribution in [3.05, 3.63) is 42.0 Å². The van der Waals surface area contributed by atoms with E-state index in [1.165, 1.54) is 0 Å². The van der Waals surface area contributed by atoms with Gasteiger partial charge in [-0.2, -0.15) is 0 Å². The van der Waals surface area contributed by atoms with Gasteiger partial charge in [0.05, 0.1) is 25.4 Å². The molecule has 2 aromatic carbocycles. The molecule has 0 fully saturated rings. The smallest absolute Gasteiger partial charge is 0.162 e. The number of nitrogens with zero attached hydrogens (tertiary/aromatic N) is 1. The van der Waals surface area contributed by atoms with Crippen LogP contribution in [-0.4, -0.2) is 64.7 Å². The topological polar surface area (TPSA) is 101 Å². The van der Waals surface area contributed by atoms with Gasteiger partial charge in [-0.05, 0) is 29.0 Å². The minimum absolute atomic E-state index is 0.0877. The molecule has 25 heavy (non-hydrogen) atoms. The van der Waals surface area contributed by atoms with Crippen molar-refractivity contribution in [3.63, 3.8) is 0 Å². The molecule has 0 heterocycles. The zero-order valence-corrected chi connectivity index (χ0v) is 14.3. The third-order valence-corrected chi connectivity index (χ3v) is 4.12. The number of benzene rings is 2. The van der Waals surface area contributed by atoms with Crippen molar-refractivity contribution in [2.45, 2.75) is 25.6 Å². The maximum atomic E-state index is 11.8. The minimum atomic E-state index is -0.953. The van der Waals surface area contributed by atoms with Crippen molar-refractivity contribution >= 4 is 22.2 Å². The van der Waals surface area contributed by atoms with Crippen molar-refractivity contribution < 1.29 is 25.2 Å². The number of anilines is 1. The molecule has 0 saturated carbocycles. The van der Waals surface area contributed by atoms with Gasteiger partial charge in [-0.3, -0.25) is 4.79 Å². The number of aliphatic hydroxyl groups excluding tert-OH is 4. The molecular formula is C19H25NO5. The first-order valence-electron chi connectivity index (χ1n) is 8.38. The highest BCUT2D eigenvalue weighted by molar-refractivity contribution is 6.00. The fourth-order valence-corrected chi connectivity index (χ4v) is 2.72. The maximum Gasteiger partial charge on any atom is 0.162 e. The molecule has 136 valence electrons. The first-order valence-corrected chi connectivity index (χ1v) is 8.38. The molecule has 0 aliphatic carbocycles. The van der Waals surface area contributed by atoms with Gasteiger partial charge < -0.3 is 25.3 Å². The van der Waals surface area contributed by atoms with E-state index in [0.29, 0.717) is 12.0 Å². The summed E-state index contributed by atoms with van der Waals surface area (Å²) >= 11 is 0. The standard InChI is InChI=1S/C19H25NO5/c1-2-19(25)15-4-3-14-8-16(6-5-13(14)7-15)20(9-17(23)11-21)10-18(24)12-22/h3-8,17-18,21-24H,2,9-12H2,1H3. The number of carbonyl (C=O) groups excluding carboxylic acids is 1. The van der Waals surface area contributed by atoms with E-state index in [2.05, 4.69) is 0 Å². The summed E-state index contributed by atoms with van der Waals surface area (Å²) in [5, 5.41) is 39.5. The predicted octanol–water partition coefficient (Wildman–Crippen LogP) is 0.945. The molecule has 0 aromatic heterocycles. The molecule has 2 aromatic rings. The van der Waals surface area contributed by atoms with E-state index in [0.717, 1.165) is 16.5 Å². The van der Waals surface area contributed by atoms with Crippen molar-refractivity contribution in [2.75, 3.05) is 31.2 Å². The Bertz CT molecular complexity index is 706. The number of hydrogen-bond donors (Lipinski definition) is 4. The second kappa shape index (κ2) is 8.92. The van der Waals surface area contributed by atoms with E-state index in [1.807, 2.05) is 37.3 Å². The Kier molecular flexibility index (Phi) is 6.90. The predicted molar refractivity (Wildman–Crippen MR) is 97.0 cm³/mol. The summed E-state index contributed by atoms with van der Waals surface area (Å²) in [4.78, 5) is 13.5. The lowest BCUT2D eigenvalue weighted by Crippen LogP contribution is -2.40. The second-order valence-electron chi connectivity index (χ2n) is 6.10. The molecule has 0 aliphatic heterocycles. The molecule has 6 heteroatoms. The summed E-state index contributed by atoms with van der Waals surface area (Å²) in [6.45, 7) is 1.31. The number of carbonyl (C=O) groups is 1. The quantitative estimate of drug-likeness (QED) is 0.504. The Hall–Kier alpha value is -1.99. The van der Waals surface area contributed by atoms with Crippen LogP contribution in [0.1, 0.15) is 23.7 Å². The van der Waals surface area contributed by atoms with Crippen molar-refractivity contribution in [2.24, 2.45) is 0 Å². The normalized spacial score (nSPS) is 13.6. The number of fused-ring (bicyclic) bond motifs is 1. The number of rotatable bonds is 9. The summed E-state index contributed by atoms with van der Waals surface area (Å²) in [6.07, 6.45) is -1.45. The van der Waals surface area contributed by atoms with E-state index < -0.39 is 12.2 Å². The van der Waals surface area contributed by atoms with Crippen molar-refractivity contribution in [1.29, 1.82) is 0 Å². The van der Waals surface area contributed by atoms with Crippen LogP contribution in [-0.2, 0) is 0 Å². The van der Waals surface area contributed by atoms with E-state index in [-0.39, 0.29) is 32.1 Å². The van der Waals surface area contributed by atoms with Gasteiger partial charge >= 0.3 is 0 Å². The molecule has 0 amide bonds. The first kappa shape index (κ1) is 19.3. The number of Topliss-reactive ketones (excluding diaryl/α,β-unsaturated/α-hetero) is 1. The fourth-order valence-electron chi connectivity index (χ4n) is 2.72. The van der Waals surface area contributed by atoms with Crippen LogP contribution in [0.4, 0.5) is 5.69 Å². The third kappa shape index (κ3) is 4.99. The lowest BCUT2D eigenvalue weighted by atomic mass is 10.0. The SMILES string of the molecule is CCC(=O)c1ccc2cc(N(CC(O)CO)CC(O)CO)ccc2c1. The Labute approximate surface area is 146 Å². The molecular weight excluding hydrogens is 322 g/mol. The maximum absolute atomic E-state index is 11.8. The molecule has 4 N–H and O–H groups in total. The van der Waals surface area contributed by atoms with Gasteiger partial charge in [-0.1, -0.05) is 25.1 Å². The zero-order valence-electron chi connectivity index (χ0n) is 14.3. The third-order valence-electron chi connectivity index (χ3n) is 4.12. The van der Waals surface area contributed by atoms with Gasteiger partial charge in [0, 0.05) is 30.8 Å². The summed E-state index contributed by atoms with van der Waals surface area (Å²) in [5.41, 5.74) is 1.42. The first-order chi connectivity index (χ1) is 12.0. The van der Waals surface area contributed by atoms with Gasteiger partial charge in [-0.25, -0.2) is 0 Å². The van der Waals surface area contributed by atoms with Crippen LogP contribution in [0.25, 0.3) is 10.8 Å². The molecule has 2 rings (SSSR count). The van der Waals surface area contributed by atoms with Crippen LogP contribution < -0.4 is 4.90 Å². The number of ketones is 1. The molecule has 0 aliphatic rings. The summed E-state index contributed by atoms with van der Waals surface area (Å²) in [7, 11) is 0. The lowest BCUT2D eigenvalue weighted by Gasteiger charge is -2.28. The van der Waals surface area contributed by atoms with Gasteiger partial charge in [0.1, 0.15) is 0 Å². The highest BCUT2D eigenvalue weighted by Gasteiger charge is 2.16. The molecule has 0 saturated heterocycles. The molecule has 6 nitrogen and oxygen atoms in total. The minimum Gasteiger partial charge on any atom is -0.394 e. The molecule has 0 spiro atoms. The van der Waals surface area contributed by atoms with E-state index in [4.69, 9.17) is 10.2 Å². The van der Waals surface area contributed by atoms with E-state index in [9.17, 15) is 15.0 Å². The Morgan fingerprint density at radius 1 is 0.960 bits per heavy atom. The van der Waals surface area contributed by atoms with Crippen LogP contribution in [0.2, 0.25) is 0 Å². The van der Waals surface area contributed by atoms with E-state index in [1.54, 1.807) is 11.0 Å². The summed E-state index contributed by atoms with van der Waals surface area (Å²) in [6, 6.07) is 11.1. The molecule has 0 bridgehead atoms. The largest absolute Gasteiger partial charge is 0.394 e. The molecule has 2 unspecified atom stereocenters. The molecule has 2 atom stereocenters. The van der Waals surface area contributed by atoms with Crippen LogP contribution in [0.5, 0.6) is 0 Å². The van der Waals surface area contributed by atoms with Crippen molar-refractivity contribution in [3.8, 4) is 0 Å². The molecule has 0 radical (unpaired) electrons. The number of aliphatic hydroxyl groups is 4. The lowest BCUT2D eigenvalue weighted by molar-refractivity contribution is 0.0839. The van der Waals surface area contributed by atoms with Gasteiger partial charge in [-0.15, -0.1) is 0 Å². The monoisotopic (exact) mass is 347 g/mol. The van der Waals surface area contributed by atoms with Crippen LogP contribution >= 0.6 is 0 Å². The fraction of sp³-hybridized carbons (Fsp3) is 0.421. The highest BCUT2D eigenvalue weighted by atomic mass is 16.3. The van der Waals surface area contributed by atoms with Crippen LogP contribution in [0.15, 0.2) is 36.4 Å². The Morgan fingerprint density at radius 2 is 1.52 bits per heavy atom. The van der Waals surface area contributed by atoms with Gasteiger partial charge in [0.25, 0.3) is 0 Å². The van der Waals surface area contributed by atoms with Crippen LogP contribution in [0, 0.1) is 0 Å². The van der Waals surface area contributed by atoms with Gasteiger partial charge in [0.2, 0.25) is 0 Å². The van der Waals surface area contributed by atoms with Gasteiger partial charge in [0.15, 0.2) is 5.78 Å². The van der Waals surface area contributed by atoms with Crippen molar-refractivity contribution in [1.82, 2.24) is 0 Å². The number of hydrogen-bond acceptors (Lipinski definition) is 6. The summed E-state index contributed by atoms with van der Waals surface area (Å²) < 4.78 is 0. The highest BCUT2D eigenvalue weighted by Crippen LogP contribution is 2.24. The van der Waals surface area contributed by atoms with E-state index >= 15 is 0 Å². The Morgan fingerprint density at radius 3 is 2.08 bits per heavy atom. The Balaban J connectivity index is 2.33. The van der Waals surface area contributed by atoms with Crippen LogP contribution in [0.3, 0.4) is 0 Å². The zero-order chi connectivity index (χ0) is 18.4. The average Bonchev–Trinajstić information content (AvgIpc) is 2.65. The summed E-state index contributed by atoms with van der Waals surface area (Å²) in [5.74, 6) is 0.0877. The average molecular weight is 347 g/mol.